The quantitative estimate of drug-likeness (QED) is 0.605. The van der Waals surface area contributed by atoms with Gasteiger partial charge in [-0.15, -0.1) is 0 Å². The molecule has 0 heterocycles. The molecule has 7 nitrogen and oxygen atoms in total. The maximum Gasteiger partial charge on any atom is 0.307 e. The highest BCUT2D eigenvalue weighted by atomic mass is 32.2. The Hall–Kier alpha value is -2.78. The minimum atomic E-state index is -3.74. The first-order chi connectivity index (χ1) is 13.7. The summed E-state index contributed by atoms with van der Waals surface area (Å²) in [6.45, 7) is 3.33. The van der Waals surface area contributed by atoms with Crippen molar-refractivity contribution in [3.05, 3.63) is 59.9 Å². The van der Waals surface area contributed by atoms with Gasteiger partial charge >= 0.3 is 5.97 Å². The standard InChI is InChI=1S/C20H23FN2O5S/c1-14(2)15-3-9-18(10-4-15)29(26,27)22-12-11-20(25)28-13-19(24)23-17-7-5-16(21)6-8-17/h3-10,14,22H,11-13H2,1-2H3,(H,23,24). The first-order valence-corrected chi connectivity index (χ1v) is 10.5. The molecule has 0 bridgehead atoms. The molecule has 2 rings (SSSR count). The second-order valence-corrected chi connectivity index (χ2v) is 8.35. The number of esters is 1. The summed E-state index contributed by atoms with van der Waals surface area (Å²) < 4.78 is 44.4. The van der Waals surface area contributed by atoms with Crippen molar-refractivity contribution in [2.24, 2.45) is 0 Å². The van der Waals surface area contributed by atoms with Crippen LogP contribution in [0, 0.1) is 5.82 Å². The van der Waals surface area contributed by atoms with Gasteiger partial charge < -0.3 is 10.1 Å². The monoisotopic (exact) mass is 422 g/mol. The Morgan fingerprint density at radius 3 is 2.24 bits per heavy atom. The molecule has 2 aromatic rings. The molecule has 0 aliphatic carbocycles. The van der Waals surface area contributed by atoms with Crippen LogP contribution in [-0.4, -0.2) is 33.4 Å². The van der Waals surface area contributed by atoms with Crippen LogP contribution in [0.4, 0.5) is 10.1 Å². The highest BCUT2D eigenvalue weighted by Gasteiger charge is 2.15. The normalized spacial score (nSPS) is 11.3. The third kappa shape index (κ3) is 7.28. The zero-order valence-corrected chi connectivity index (χ0v) is 17.0. The summed E-state index contributed by atoms with van der Waals surface area (Å²) in [6, 6.07) is 11.6. The van der Waals surface area contributed by atoms with Gasteiger partial charge in [-0.3, -0.25) is 9.59 Å². The van der Waals surface area contributed by atoms with Crippen LogP contribution >= 0.6 is 0 Å². The number of halogens is 1. The van der Waals surface area contributed by atoms with Crippen LogP contribution in [-0.2, 0) is 24.3 Å². The zero-order valence-electron chi connectivity index (χ0n) is 16.1. The summed E-state index contributed by atoms with van der Waals surface area (Å²) in [5.41, 5.74) is 1.38. The van der Waals surface area contributed by atoms with Crippen molar-refractivity contribution in [2.75, 3.05) is 18.5 Å². The van der Waals surface area contributed by atoms with Crippen molar-refractivity contribution < 1.29 is 27.1 Å². The van der Waals surface area contributed by atoms with Crippen molar-refractivity contribution in [2.45, 2.75) is 31.1 Å². The van der Waals surface area contributed by atoms with Gasteiger partial charge in [0.1, 0.15) is 5.82 Å². The van der Waals surface area contributed by atoms with E-state index in [2.05, 4.69) is 10.0 Å². The second-order valence-electron chi connectivity index (χ2n) is 6.59. The van der Waals surface area contributed by atoms with Gasteiger partial charge in [-0.1, -0.05) is 26.0 Å². The molecular formula is C20H23FN2O5S. The molecule has 2 aromatic carbocycles. The fourth-order valence-corrected chi connectivity index (χ4v) is 3.38. The molecule has 0 aliphatic heterocycles. The van der Waals surface area contributed by atoms with Crippen LogP contribution in [0.2, 0.25) is 0 Å². The predicted molar refractivity (Wildman–Crippen MR) is 106 cm³/mol. The summed E-state index contributed by atoms with van der Waals surface area (Å²) >= 11 is 0. The van der Waals surface area contributed by atoms with Gasteiger partial charge in [0.2, 0.25) is 10.0 Å². The highest BCUT2D eigenvalue weighted by molar-refractivity contribution is 7.89. The van der Waals surface area contributed by atoms with E-state index in [1.807, 2.05) is 13.8 Å². The predicted octanol–water partition coefficient (Wildman–Crippen LogP) is 2.80. The Morgan fingerprint density at radius 2 is 1.66 bits per heavy atom. The molecule has 2 N–H and O–H groups in total. The Balaban J connectivity index is 1.74. The molecule has 9 heteroatoms. The van der Waals surface area contributed by atoms with E-state index in [0.717, 1.165) is 5.56 Å². The molecule has 156 valence electrons. The average Bonchev–Trinajstić information content (AvgIpc) is 2.68. The van der Waals surface area contributed by atoms with Gasteiger partial charge in [-0.25, -0.2) is 17.5 Å². The van der Waals surface area contributed by atoms with Crippen molar-refractivity contribution in [3.8, 4) is 0 Å². The van der Waals surface area contributed by atoms with Gasteiger partial charge in [0.05, 0.1) is 11.3 Å². The number of nitrogens with one attached hydrogen (secondary N) is 2. The van der Waals surface area contributed by atoms with E-state index in [1.165, 1.54) is 36.4 Å². The molecule has 0 aromatic heterocycles. The number of carbonyl (C=O) groups is 2. The number of anilines is 1. The number of hydrogen-bond donors (Lipinski definition) is 2. The number of sulfonamides is 1. The van der Waals surface area contributed by atoms with Crippen LogP contribution in [0.3, 0.4) is 0 Å². The molecule has 0 unspecified atom stereocenters. The Morgan fingerprint density at radius 1 is 1.03 bits per heavy atom. The molecule has 0 aliphatic rings. The lowest BCUT2D eigenvalue weighted by Gasteiger charge is -2.09. The molecule has 0 fully saturated rings. The van der Waals surface area contributed by atoms with Crippen LogP contribution in [0.1, 0.15) is 31.7 Å². The Bertz CT molecular complexity index is 942. The number of ether oxygens (including phenoxy) is 1. The summed E-state index contributed by atoms with van der Waals surface area (Å²) in [5.74, 6) is -1.46. The lowest BCUT2D eigenvalue weighted by atomic mass is 10.0. The van der Waals surface area contributed by atoms with Gasteiger partial charge in [-0.2, -0.15) is 0 Å². The molecule has 1 amide bonds. The SMILES string of the molecule is CC(C)c1ccc(S(=O)(=O)NCCC(=O)OCC(=O)Nc2ccc(F)cc2)cc1. The zero-order chi connectivity index (χ0) is 21.4. The third-order valence-corrected chi connectivity index (χ3v) is 5.45. The number of amides is 1. The van der Waals surface area contributed by atoms with E-state index >= 15 is 0 Å². The molecule has 0 atom stereocenters. The second kappa shape index (κ2) is 10.1. The first kappa shape index (κ1) is 22.5. The van der Waals surface area contributed by atoms with E-state index in [1.54, 1.807) is 12.1 Å². The van der Waals surface area contributed by atoms with Crippen LogP contribution in [0.15, 0.2) is 53.4 Å². The largest absolute Gasteiger partial charge is 0.456 e. The van der Waals surface area contributed by atoms with Crippen molar-refractivity contribution >= 4 is 27.6 Å². The minimum absolute atomic E-state index is 0.106. The molecule has 29 heavy (non-hydrogen) atoms. The van der Waals surface area contributed by atoms with Crippen LogP contribution in [0.25, 0.3) is 0 Å². The molecule has 0 saturated heterocycles. The van der Waals surface area contributed by atoms with Crippen molar-refractivity contribution in [3.63, 3.8) is 0 Å². The lowest BCUT2D eigenvalue weighted by molar-refractivity contribution is -0.147. The van der Waals surface area contributed by atoms with E-state index in [4.69, 9.17) is 4.74 Å². The van der Waals surface area contributed by atoms with Crippen LogP contribution < -0.4 is 10.0 Å². The third-order valence-electron chi connectivity index (χ3n) is 3.97. The highest BCUT2D eigenvalue weighted by Crippen LogP contribution is 2.17. The molecule has 0 saturated carbocycles. The fourth-order valence-electron chi connectivity index (χ4n) is 2.35. The fraction of sp³-hybridized carbons (Fsp3) is 0.300. The van der Waals surface area contributed by atoms with E-state index in [0.29, 0.717) is 5.69 Å². The van der Waals surface area contributed by atoms with E-state index in [9.17, 15) is 22.4 Å². The molecule has 0 spiro atoms. The van der Waals surface area contributed by atoms with Gasteiger partial charge in [0.25, 0.3) is 5.91 Å². The minimum Gasteiger partial charge on any atom is -0.456 e. The summed E-state index contributed by atoms with van der Waals surface area (Å²) in [7, 11) is -3.74. The number of rotatable bonds is 9. The molecule has 0 radical (unpaired) electrons. The van der Waals surface area contributed by atoms with Crippen molar-refractivity contribution in [1.82, 2.24) is 4.72 Å². The van der Waals surface area contributed by atoms with Crippen molar-refractivity contribution in [1.29, 1.82) is 0 Å². The number of carbonyl (C=O) groups excluding carboxylic acids is 2. The smallest absolute Gasteiger partial charge is 0.307 e. The van der Waals surface area contributed by atoms with Gasteiger partial charge in [-0.05, 0) is 47.9 Å². The lowest BCUT2D eigenvalue weighted by Crippen LogP contribution is -2.28. The average molecular weight is 422 g/mol. The summed E-state index contributed by atoms with van der Waals surface area (Å²) in [5, 5.41) is 2.44. The summed E-state index contributed by atoms with van der Waals surface area (Å²) in [4.78, 5) is 23.5. The van der Waals surface area contributed by atoms with E-state index < -0.39 is 34.3 Å². The van der Waals surface area contributed by atoms with Crippen LogP contribution in [0.5, 0.6) is 0 Å². The Labute approximate surface area is 169 Å². The van der Waals surface area contributed by atoms with Gasteiger partial charge in [0.15, 0.2) is 6.61 Å². The number of benzene rings is 2. The Kier molecular flexibility index (Phi) is 7.86. The molecular weight excluding hydrogens is 399 g/mol. The summed E-state index contributed by atoms with van der Waals surface area (Å²) in [6.07, 6.45) is -0.229. The number of hydrogen-bond acceptors (Lipinski definition) is 5. The topological polar surface area (TPSA) is 102 Å². The maximum absolute atomic E-state index is 12.8. The maximum atomic E-state index is 12.8. The van der Waals surface area contributed by atoms with Gasteiger partial charge in [0, 0.05) is 12.2 Å². The first-order valence-electron chi connectivity index (χ1n) is 8.98. The van der Waals surface area contributed by atoms with E-state index in [-0.39, 0.29) is 23.8 Å².